The normalized spacial score (nSPS) is 22.2. The van der Waals surface area contributed by atoms with E-state index in [2.05, 4.69) is 15.5 Å². The number of hydrogen-bond acceptors (Lipinski definition) is 8. The Labute approximate surface area is 171 Å². The lowest BCUT2D eigenvalue weighted by atomic mass is 10.1. The first-order valence-electron chi connectivity index (χ1n) is 9.35. The molecule has 2 aliphatic rings. The summed E-state index contributed by atoms with van der Waals surface area (Å²) in [5.41, 5.74) is 1.60. The van der Waals surface area contributed by atoms with Gasteiger partial charge in [0.1, 0.15) is 17.1 Å². The molecule has 0 bridgehead atoms. The van der Waals surface area contributed by atoms with Crippen LogP contribution in [0.1, 0.15) is 27.0 Å². The van der Waals surface area contributed by atoms with Gasteiger partial charge in [0.25, 0.3) is 5.91 Å². The van der Waals surface area contributed by atoms with Gasteiger partial charge in [0.15, 0.2) is 5.76 Å². The van der Waals surface area contributed by atoms with Gasteiger partial charge in [0, 0.05) is 18.5 Å². The third-order valence-corrected chi connectivity index (χ3v) is 5.77. The highest BCUT2D eigenvalue weighted by atomic mass is 32.1. The van der Waals surface area contributed by atoms with Crippen molar-refractivity contribution in [3.8, 4) is 0 Å². The van der Waals surface area contributed by atoms with Crippen LogP contribution in [-0.2, 0) is 9.47 Å². The Morgan fingerprint density at radius 2 is 1.83 bits per heavy atom. The fourth-order valence-corrected chi connectivity index (χ4v) is 4.10. The van der Waals surface area contributed by atoms with Crippen molar-refractivity contribution in [3.63, 3.8) is 0 Å². The highest BCUT2D eigenvalue weighted by Gasteiger charge is 2.45. The van der Waals surface area contributed by atoms with Gasteiger partial charge in [-0.2, -0.15) is 0 Å². The number of anilines is 1. The van der Waals surface area contributed by atoms with E-state index < -0.39 is 5.79 Å². The quantitative estimate of drug-likeness (QED) is 0.787. The number of carbonyl (C=O) groups is 2. The van der Waals surface area contributed by atoms with Crippen LogP contribution in [0.4, 0.5) is 10.5 Å². The van der Waals surface area contributed by atoms with E-state index in [1.807, 2.05) is 6.92 Å². The van der Waals surface area contributed by atoms with Crippen LogP contribution in [0.2, 0.25) is 0 Å². The minimum atomic E-state index is -1.05. The van der Waals surface area contributed by atoms with E-state index in [1.165, 1.54) is 11.3 Å². The second-order valence-electron chi connectivity index (χ2n) is 7.14. The molecule has 156 valence electrons. The molecule has 4 rings (SSSR count). The Bertz CT molecular complexity index is 904. The first-order valence-corrected chi connectivity index (χ1v) is 10.2. The number of hydrogen-bond donors (Lipinski definition) is 1. The predicted molar refractivity (Wildman–Crippen MR) is 104 cm³/mol. The first-order chi connectivity index (χ1) is 13.9. The summed E-state index contributed by atoms with van der Waals surface area (Å²) < 4.78 is 16.9. The average Bonchev–Trinajstić information content (AvgIpc) is 3.28. The van der Waals surface area contributed by atoms with Crippen molar-refractivity contribution in [1.29, 1.82) is 0 Å². The molecule has 2 saturated heterocycles. The van der Waals surface area contributed by atoms with Crippen molar-refractivity contribution in [1.82, 2.24) is 19.9 Å². The van der Waals surface area contributed by atoms with Crippen LogP contribution in [0, 0.1) is 20.8 Å². The van der Waals surface area contributed by atoms with Gasteiger partial charge in [-0.3, -0.25) is 4.79 Å². The van der Waals surface area contributed by atoms with Gasteiger partial charge in [0.05, 0.1) is 31.3 Å². The van der Waals surface area contributed by atoms with Gasteiger partial charge in [-0.1, -0.05) is 5.16 Å². The standard InChI is InChI=1S/C18H23N5O5S/c1-11-15(12(2)28-21-11)20-17(25)23-5-7-27-18(10-23)9-22(4-6-26-18)16(24)14-8-29-13(3)19-14/h8H,4-7,9-10H2,1-3H3,(H,20,25). The number of ether oxygens (including phenoxy) is 2. The Morgan fingerprint density at radius 1 is 1.14 bits per heavy atom. The van der Waals surface area contributed by atoms with Gasteiger partial charge in [-0.25, -0.2) is 9.78 Å². The third-order valence-electron chi connectivity index (χ3n) is 4.99. The highest BCUT2D eigenvalue weighted by molar-refractivity contribution is 7.09. The van der Waals surface area contributed by atoms with Crippen LogP contribution < -0.4 is 5.32 Å². The maximum atomic E-state index is 12.8. The van der Waals surface area contributed by atoms with Crippen molar-refractivity contribution in [2.45, 2.75) is 26.6 Å². The van der Waals surface area contributed by atoms with E-state index in [-0.39, 0.29) is 25.0 Å². The number of aromatic nitrogens is 2. The van der Waals surface area contributed by atoms with Crippen molar-refractivity contribution in [2.75, 3.05) is 44.7 Å². The second-order valence-corrected chi connectivity index (χ2v) is 8.20. The number of amides is 3. The molecular formula is C18H23N5O5S. The minimum absolute atomic E-state index is 0.155. The molecule has 0 aliphatic carbocycles. The summed E-state index contributed by atoms with van der Waals surface area (Å²) in [5.74, 6) is -0.659. The summed E-state index contributed by atoms with van der Waals surface area (Å²) in [6, 6.07) is -0.288. The Kier molecular flexibility index (Phi) is 5.28. The Balaban J connectivity index is 1.45. The highest BCUT2D eigenvalue weighted by Crippen LogP contribution is 2.27. The number of morpholine rings is 2. The van der Waals surface area contributed by atoms with Gasteiger partial charge >= 0.3 is 6.03 Å². The molecule has 1 unspecified atom stereocenters. The van der Waals surface area contributed by atoms with Gasteiger partial charge in [0.2, 0.25) is 5.79 Å². The second kappa shape index (κ2) is 7.73. The van der Waals surface area contributed by atoms with Crippen molar-refractivity contribution in [2.24, 2.45) is 0 Å². The molecule has 2 aromatic heterocycles. The number of nitrogens with one attached hydrogen (secondary N) is 1. The lowest BCUT2D eigenvalue weighted by Crippen LogP contribution is -2.64. The number of rotatable bonds is 2. The van der Waals surface area contributed by atoms with Crippen LogP contribution in [-0.4, -0.2) is 77.1 Å². The van der Waals surface area contributed by atoms with E-state index in [9.17, 15) is 9.59 Å². The molecule has 11 heteroatoms. The topological polar surface area (TPSA) is 110 Å². The van der Waals surface area contributed by atoms with E-state index >= 15 is 0 Å². The van der Waals surface area contributed by atoms with Crippen LogP contribution >= 0.6 is 11.3 Å². The summed E-state index contributed by atoms with van der Waals surface area (Å²) in [7, 11) is 0. The Hall–Kier alpha value is -2.50. The summed E-state index contributed by atoms with van der Waals surface area (Å²) in [6.45, 7) is 7.32. The molecule has 0 saturated carbocycles. The molecule has 2 fully saturated rings. The molecule has 2 aliphatic heterocycles. The minimum Gasteiger partial charge on any atom is -0.359 e. The predicted octanol–water partition coefficient (Wildman–Crippen LogP) is 1.79. The summed E-state index contributed by atoms with van der Waals surface area (Å²) in [4.78, 5) is 33.1. The van der Waals surface area contributed by atoms with Crippen LogP contribution in [0.25, 0.3) is 0 Å². The first kappa shape index (κ1) is 19.8. The molecular weight excluding hydrogens is 398 g/mol. The molecule has 3 amide bonds. The van der Waals surface area contributed by atoms with Gasteiger partial charge in [-0.15, -0.1) is 11.3 Å². The number of nitrogens with zero attached hydrogens (tertiary/aromatic N) is 4. The fraction of sp³-hybridized carbons (Fsp3) is 0.556. The monoisotopic (exact) mass is 421 g/mol. The zero-order valence-electron chi connectivity index (χ0n) is 16.6. The van der Waals surface area contributed by atoms with Crippen molar-refractivity contribution in [3.05, 3.63) is 27.5 Å². The maximum absolute atomic E-state index is 12.8. The van der Waals surface area contributed by atoms with E-state index in [1.54, 1.807) is 29.0 Å². The molecule has 0 aromatic carbocycles. The molecule has 1 spiro atoms. The number of thiazole rings is 1. The summed E-state index contributed by atoms with van der Waals surface area (Å²) in [6.07, 6.45) is 0. The number of aryl methyl sites for hydroxylation is 3. The summed E-state index contributed by atoms with van der Waals surface area (Å²) in [5, 5.41) is 9.29. The lowest BCUT2D eigenvalue weighted by Gasteiger charge is -2.47. The maximum Gasteiger partial charge on any atom is 0.322 e. The number of urea groups is 1. The SMILES string of the molecule is Cc1nc(C(=O)N2CCOC3(CN(C(=O)Nc4c(C)noc4C)CCO3)C2)cs1. The van der Waals surface area contributed by atoms with Crippen LogP contribution in [0.15, 0.2) is 9.90 Å². The van der Waals surface area contributed by atoms with Crippen LogP contribution in [0.5, 0.6) is 0 Å². The van der Waals surface area contributed by atoms with E-state index in [0.29, 0.717) is 49.1 Å². The summed E-state index contributed by atoms with van der Waals surface area (Å²) >= 11 is 1.44. The molecule has 1 N–H and O–H groups in total. The molecule has 29 heavy (non-hydrogen) atoms. The van der Waals surface area contributed by atoms with Crippen LogP contribution in [0.3, 0.4) is 0 Å². The molecule has 0 radical (unpaired) electrons. The molecule has 2 aromatic rings. The van der Waals surface area contributed by atoms with Gasteiger partial charge in [-0.05, 0) is 20.8 Å². The van der Waals surface area contributed by atoms with Crippen molar-refractivity contribution < 1.29 is 23.6 Å². The fourth-order valence-electron chi connectivity index (χ4n) is 3.52. The zero-order valence-corrected chi connectivity index (χ0v) is 17.4. The molecule has 4 heterocycles. The third kappa shape index (κ3) is 3.98. The Morgan fingerprint density at radius 3 is 2.45 bits per heavy atom. The van der Waals surface area contributed by atoms with Crippen molar-refractivity contribution >= 4 is 29.0 Å². The molecule has 10 nitrogen and oxygen atoms in total. The smallest absolute Gasteiger partial charge is 0.322 e. The molecule has 1 atom stereocenters. The number of carbonyl (C=O) groups excluding carboxylic acids is 2. The lowest BCUT2D eigenvalue weighted by molar-refractivity contribution is -0.281. The largest absolute Gasteiger partial charge is 0.359 e. The van der Waals surface area contributed by atoms with E-state index in [4.69, 9.17) is 14.0 Å². The average molecular weight is 421 g/mol. The van der Waals surface area contributed by atoms with Gasteiger partial charge < -0.3 is 29.1 Å². The zero-order chi connectivity index (χ0) is 20.6. The van der Waals surface area contributed by atoms with E-state index in [0.717, 1.165) is 5.01 Å².